The third kappa shape index (κ3) is 6.68. The van der Waals surface area contributed by atoms with Crippen molar-refractivity contribution in [2.45, 2.75) is 26.7 Å². The molecule has 0 saturated heterocycles. The van der Waals surface area contributed by atoms with Gasteiger partial charge in [0.25, 0.3) is 11.2 Å². The smallest absolute Gasteiger partial charge is 0.337 e. The molecule has 1 aromatic carbocycles. The van der Waals surface area contributed by atoms with E-state index in [1.807, 2.05) is 0 Å². The summed E-state index contributed by atoms with van der Waals surface area (Å²) < 4.78 is 12.3. The maximum absolute atomic E-state index is 12.3. The number of benzene rings is 1. The number of methoxy groups -OCH3 is 1. The van der Waals surface area contributed by atoms with Crippen LogP contribution in [-0.2, 0) is 11.8 Å². The van der Waals surface area contributed by atoms with E-state index in [4.69, 9.17) is 9.47 Å². The fourth-order valence-corrected chi connectivity index (χ4v) is 3.75. The SMILES string of the molecule is COC(=O)c1cc(C)nc(-c2cc(=O)n(C)cc2OCCC[C@@H](C)CNc2ccccc2[N+](=O)[O-])c1. The predicted molar refractivity (Wildman–Crippen MR) is 136 cm³/mol. The number of nitrogens with zero attached hydrogens (tertiary/aromatic N) is 3. The molecule has 0 radical (unpaired) electrons. The van der Waals surface area contributed by atoms with Gasteiger partial charge in [0, 0.05) is 43.2 Å². The Morgan fingerprint density at radius 1 is 1.25 bits per heavy atom. The Labute approximate surface area is 209 Å². The predicted octanol–water partition coefficient (Wildman–Crippen LogP) is 4.36. The molecule has 0 saturated carbocycles. The number of ether oxygens (including phenoxy) is 2. The van der Waals surface area contributed by atoms with Crippen molar-refractivity contribution in [3.63, 3.8) is 0 Å². The van der Waals surface area contributed by atoms with Gasteiger partial charge in [0.1, 0.15) is 11.4 Å². The molecule has 1 atom stereocenters. The minimum Gasteiger partial charge on any atom is -0.491 e. The van der Waals surface area contributed by atoms with E-state index < -0.39 is 10.9 Å². The number of aromatic nitrogens is 2. The summed E-state index contributed by atoms with van der Waals surface area (Å²) in [5.74, 6) is 0.238. The van der Waals surface area contributed by atoms with Gasteiger partial charge in [-0.05, 0) is 43.9 Å². The summed E-state index contributed by atoms with van der Waals surface area (Å²) >= 11 is 0. The average Bonchev–Trinajstić information content (AvgIpc) is 2.86. The Hall–Kier alpha value is -4.21. The van der Waals surface area contributed by atoms with Crippen LogP contribution in [0.5, 0.6) is 5.75 Å². The molecule has 0 aliphatic carbocycles. The van der Waals surface area contributed by atoms with Crippen LogP contribution in [-0.4, -0.2) is 40.7 Å². The van der Waals surface area contributed by atoms with E-state index in [-0.39, 0.29) is 17.2 Å². The zero-order valence-corrected chi connectivity index (χ0v) is 20.8. The Morgan fingerprint density at radius 3 is 2.72 bits per heavy atom. The summed E-state index contributed by atoms with van der Waals surface area (Å²) in [6.07, 6.45) is 3.17. The highest BCUT2D eigenvalue weighted by atomic mass is 16.6. The number of carbonyl (C=O) groups is 1. The second-order valence-electron chi connectivity index (χ2n) is 8.63. The van der Waals surface area contributed by atoms with Crippen LogP contribution in [0.1, 0.15) is 35.8 Å². The minimum absolute atomic E-state index is 0.0513. The Bertz CT molecular complexity index is 1300. The van der Waals surface area contributed by atoms with E-state index in [2.05, 4.69) is 17.2 Å². The van der Waals surface area contributed by atoms with Gasteiger partial charge in [-0.1, -0.05) is 19.1 Å². The highest BCUT2D eigenvalue weighted by molar-refractivity contribution is 5.91. The molecule has 190 valence electrons. The van der Waals surface area contributed by atoms with Gasteiger partial charge >= 0.3 is 5.97 Å². The van der Waals surface area contributed by atoms with Crippen molar-refractivity contribution in [3.05, 3.63) is 80.4 Å². The summed E-state index contributed by atoms with van der Waals surface area (Å²) in [4.78, 5) is 39.6. The standard InChI is InChI=1S/C26H30N4O6/c1-17(15-27-21-9-5-6-10-23(21)30(33)34)8-7-11-36-24-16-29(3)25(31)14-20(24)22-13-19(26(32)35-4)12-18(2)28-22/h5-6,9-10,12-14,16-17,27H,7-8,11,15H2,1-4H3/t17-/m1/s1. The van der Waals surface area contributed by atoms with E-state index in [0.717, 1.165) is 12.8 Å². The van der Waals surface area contributed by atoms with Crippen LogP contribution in [0.15, 0.2) is 53.5 Å². The van der Waals surface area contributed by atoms with Gasteiger partial charge < -0.3 is 19.4 Å². The summed E-state index contributed by atoms with van der Waals surface area (Å²) in [6, 6.07) is 11.2. The highest BCUT2D eigenvalue weighted by Crippen LogP contribution is 2.29. The van der Waals surface area contributed by atoms with Crippen molar-refractivity contribution >= 4 is 17.3 Å². The number of pyridine rings is 2. The molecular formula is C26H30N4O6. The molecule has 1 N–H and O–H groups in total. The van der Waals surface area contributed by atoms with Gasteiger partial charge in [-0.3, -0.25) is 19.9 Å². The number of hydrogen-bond acceptors (Lipinski definition) is 8. The molecule has 2 heterocycles. The van der Waals surface area contributed by atoms with Crippen LogP contribution in [0.4, 0.5) is 11.4 Å². The molecule has 36 heavy (non-hydrogen) atoms. The second kappa shape index (κ2) is 12.0. The number of anilines is 1. The number of nitro benzene ring substituents is 1. The maximum atomic E-state index is 12.3. The molecule has 0 amide bonds. The third-order valence-corrected chi connectivity index (χ3v) is 5.68. The number of carbonyl (C=O) groups excluding carboxylic acids is 1. The second-order valence-corrected chi connectivity index (χ2v) is 8.63. The molecule has 3 aromatic rings. The number of aryl methyl sites for hydroxylation is 2. The van der Waals surface area contributed by atoms with Gasteiger partial charge in [-0.25, -0.2) is 4.79 Å². The molecule has 3 rings (SSSR count). The van der Waals surface area contributed by atoms with E-state index >= 15 is 0 Å². The molecular weight excluding hydrogens is 464 g/mol. The summed E-state index contributed by atoms with van der Waals surface area (Å²) in [6.45, 7) is 4.80. The van der Waals surface area contributed by atoms with E-state index in [9.17, 15) is 19.7 Å². The first-order valence-corrected chi connectivity index (χ1v) is 11.6. The van der Waals surface area contributed by atoms with Gasteiger partial charge in [-0.15, -0.1) is 0 Å². The highest BCUT2D eigenvalue weighted by Gasteiger charge is 2.16. The molecule has 0 bridgehead atoms. The summed E-state index contributed by atoms with van der Waals surface area (Å²) in [5, 5.41) is 14.3. The van der Waals surface area contributed by atoms with Crippen molar-refractivity contribution in [3.8, 4) is 17.0 Å². The Morgan fingerprint density at radius 2 is 2.00 bits per heavy atom. The number of rotatable bonds is 11. The lowest BCUT2D eigenvalue weighted by Crippen LogP contribution is -2.17. The molecule has 0 aliphatic heterocycles. The first-order chi connectivity index (χ1) is 17.2. The van der Waals surface area contributed by atoms with Crippen molar-refractivity contribution in [2.75, 3.05) is 25.6 Å². The number of esters is 1. The van der Waals surface area contributed by atoms with Crippen molar-refractivity contribution in [2.24, 2.45) is 13.0 Å². The fourth-order valence-electron chi connectivity index (χ4n) is 3.75. The van der Waals surface area contributed by atoms with Crippen LogP contribution in [0.2, 0.25) is 0 Å². The fraction of sp³-hybridized carbons (Fsp3) is 0.346. The normalized spacial score (nSPS) is 11.6. The first kappa shape index (κ1) is 26.4. The molecule has 2 aromatic heterocycles. The van der Waals surface area contributed by atoms with Crippen molar-refractivity contribution < 1.29 is 19.2 Å². The Kier molecular flexibility index (Phi) is 8.77. The lowest BCUT2D eigenvalue weighted by atomic mass is 10.1. The summed E-state index contributed by atoms with van der Waals surface area (Å²) in [7, 11) is 2.95. The zero-order valence-electron chi connectivity index (χ0n) is 20.8. The third-order valence-electron chi connectivity index (χ3n) is 5.68. The molecule has 0 spiro atoms. The average molecular weight is 495 g/mol. The van der Waals surface area contributed by atoms with Gasteiger partial charge in [0.2, 0.25) is 0 Å². The first-order valence-electron chi connectivity index (χ1n) is 11.6. The van der Waals surface area contributed by atoms with Crippen LogP contribution >= 0.6 is 0 Å². The molecule has 10 nitrogen and oxygen atoms in total. The topological polar surface area (TPSA) is 126 Å². The van der Waals surface area contributed by atoms with Gasteiger partial charge in [0.05, 0.1) is 29.9 Å². The van der Waals surface area contributed by atoms with Crippen molar-refractivity contribution in [1.82, 2.24) is 9.55 Å². The van der Waals surface area contributed by atoms with Crippen molar-refractivity contribution in [1.29, 1.82) is 0 Å². The van der Waals surface area contributed by atoms with E-state index in [1.54, 1.807) is 50.5 Å². The molecule has 0 fully saturated rings. The van der Waals surface area contributed by atoms with E-state index in [1.165, 1.54) is 23.8 Å². The minimum atomic E-state index is -0.489. The Balaban J connectivity index is 1.65. The van der Waals surface area contributed by atoms with Crippen LogP contribution < -0.4 is 15.6 Å². The van der Waals surface area contributed by atoms with Crippen LogP contribution in [0, 0.1) is 23.0 Å². The van der Waals surface area contributed by atoms with Gasteiger partial charge in [-0.2, -0.15) is 0 Å². The van der Waals surface area contributed by atoms with Crippen LogP contribution in [0.3, 0.4) is 0 Å². The number of hydrogen-bond donors (Lipinski definition) is 1. The maximum Gasteiger partial charge on any atom is 0.337 e. The number of nitrogens with one attached hydrogen (secondary N) is 1. The molecule has 0 aliphatic rings. The lowest BCUT2D eigenvalue weighted by molar-refractivity contribution is -0.384. The van der Waals surface area contributed by atoms with E-state index in [0.29, 0.717) is 47.1 Å². The molecule has 10 heteroatoms. The lowest BCUT2D eigenvalue weighted by Gasteiger charge is -2.16. The number of para-hydroxylation sites is 2. The summed E-state index contributed by atoms with van der Waals surface area (Å²) in [5.41, 5.74) is 2.22. The molecule has 0 unspecified atom stereocenters. The van der Waals surface area contributed by atoms with Crippen LogP contribution in [0.25, 0.3) is 11.3 Å². The van der Waals surface area contributed by atoms with Gasteiger partial charge in [0.15, 0.2) is 0 Å². The number of nitro groups is 1. The largest absolute Gasteiger partial charge is 0.491 e. The zero-order chi connectivity index (χ0) is 26.2. The quantitative estimate of drug-likeness (QED) is 0.180. The monoisotopic (exact) mass is 494 g/mol.